The SMILES string of the molecule is CC1(C)CN(S(=O)(=O)c2cccc([N+](=O)[O-])c2)Cc2ccccc21. The molecule has 0 spiro atoms. The van der Waals surface area contributed by atoms with Crippen LogP contribution in [0.5, 0.6) is 0 Å². The van der Waals surface area contributed by atoms with Crippen LogP contribution in [0.15, 0.2) is 53.4 Å². The van der Waals surface area contributed by atoms with Crippen LogP contribution in [0.1, 0.15) is 25.0 Å². The van der Waals surface area contributed by atoms with Crippen molar-refractivity contribution in [2.45, 2.75) is 30.7 Å². The summed E-state index contributed by atoms with van der Waals surface area (Å²) in [6.45, 7) is 4.60. The van der Waals surface area contributed by atoms with Gasteiger partial charge in [0.2, 0.25) is 10.0 Å². The standard InChI is InChI=1S/C17H18N2O4S/c1-17(2)12-18(11-13-6-3-4-9-16(13)17)24(22,23)15-8-5-7-14(10-15)19(20)21/h3-10H,11-12H2,1-2H3. The maximum atomic E-state index is 13.0. The van der Waals surface area contributed by atoms with Crippen molar-refractivity contribution in [1.82, 2.24) is 4.31 Å². The third kappa shape index (κ3) is 2.81. The molecule has 126 valence electrons. The van der Waals surface area contributed by atoms with E-state index >= 15 is 0 Å². The van der Waals surface area contributed by atoms with Crippen LogP contribution in [-0.2, 0) is 22.0 Å². The summed E-state index contributed by atoms with van der Waals surface area (Å²) in [5.74, 6) is 0. The lowest BCUT2D eigenvalue weighted by Gasteiger charge is -2.39. The fraction of sp³-hybridized carbons (Fsp3) is 0.294. The van der Waals surface area contributed by atoms with Gasteiger partial charge in [-0.1, -0.05) is 44.2 Å². The first-order valence-corrected chi connectivity index (χ1v) is 8.99. The first kappa shape index (κ1) is 16.6. The lowest BCUT2D eigenvalue weighted by atomic mass is 9.79. The van der Waals surface area contributed by atoms with E-state index < -0.39 is 14.9 Å². The molecule has 0 amide bonds. The van der Waals surface area contributed by atoms with Gasteiger partial charge in [0.05, 0.1) is 9.82 Å². The van der Waals surface area contributed by atoms with Gasteiger partial charge in [-0.3, -0.25) is 10.1 Å². The first-order valence-electron chi connectivity index (χ1n) is 7.55. The number of rotatable bonds is 3. The van der Waals surface area contributed by atoms with Gasteiger partial charge < -0.3 is 0 Å². The molecule has 0 unspecified atom stereocenters. The summed E-state index contributed by atoms with van der Waals surface area (Å²) >= 11 is 0. The zero-order chi connectivity index (χ0) is 17.5. The second-order valence-corrected chi connectivity index (χ2v) is 8.51. The molecule has 7 heteroatoms. The highest BCUT2D eigenvalue weighted by molar-refractivity contribution is 7.89. The van der Waals surface area contributed by atoms with Gasteiger partial charge in [0.25, 0.3) is 5.69 Å². The minimum atomic E-state index is -3.80. The van der Waals surface area contributed by atoms with Gasteiger partial charge in [0.15, 0.2) is 0 Å². The summed E-state index contributed by atoms with van der Waals surface area (Å²) in [7, 11) is -3.80. The lowest BCUT2D eigenvalue weighted by molar-refractivity contribution is -0.385. The Labute approximate surface area is 140 Å². The molecule has 0 radical (unpaired) electrons. The first-order chi connectivity index (χ1) is 11.2. The Hall–Kier alpha value is -2.25. The van der Waals surface area contributed by atoms with Crippen molar-refractivity contribution in [3.63, 3.8) is 0 Å². The van der Waals surface area contributed by atoms with Crippen LogP contribution in [-0.4, -0.2) is 24.2 Å². The number of hydrogen-bond acceptors (Lipinski definition) is 4. The molecule has 1 heterocycles. The Kier molecular flexibility index (Phi) is 3.93. The van der Waals surface area contributed by atoms with E-state index in [1.54, 1.807) is 0 Å². The maximum absolute atomic E-state index is 13.0. The molecule has 0 N–H and O–H groups in total. The number of sulfonamides is 1. The molecule has 0 atom stereocenters. The maximum Gasteiger partial charge on any atom is 0.270 e. The van der Waals surface area contributed by atoms with Crippen molar-refractivity contribution in [2.75, 3.05) is 6.54 Å². The van der Waals surface area contributed by atoms with Crippen LogP contribution in [0.4, 0.5) is 5.69 Å². The minimum absolute atomic E-state index is 0.0492. The number of nitro groups is 1. The Morgan fingerprint density at radius 1 is 1.12 bits per heavy atom. The largest absolute Gasteiger partial charge is 0.270 e. The molecule has 2 aromatic rings. The fourth-order valence-corrected chi connectivity index (χ4v) is 4.79. The predicted molar refractivity (Wildman–Crippen MR) is 90.2 cm³/mol. The predicted octanol–water partition coefficient (Wildman–Crippen LogP) is 3.08. The normalized spacial score (nSPS) is 17.2. The second-order valence-electron chi connectivity index (χ2n) is 6.57. The topological polar surface area (TPSA) is 80.5 Å². The van der Waals surface area contributed by atoms with Crippen molar-refractivity contribution in [2.24, 2.45) is 0 Å². The van der Waals surface area contributed by atoms with Crippen LogP contribution in [0.3, 0.4) is 0 Å². The summed E-state index contributed by atoms with van der Waals surface area (Å²) < 4.78 is 27.3. The molecule has 6 nitrogen and oxygen atoms in total. The van der Waals surface area contributed by atoms with Crippen molar-refractivity contribution >= 4 is 15.7 Å². The molecule has 0 aliphatic carbocycles. The fourth-order valence-electron chi connectivity index (χ4n) is 3.17. The molecule has 0 fully saturated rings. The van der Waals surface area contributed by atoms with Crippen LogP contribution >= 0.6 is 0 Å². The van der Waals surface area contributed by atoms with E-state index in [4.69, 9.17) is 0 Å². The molecular weight excluding hydrogens is 328 g/mol. The van der Waals surface area contributed by atoms with E-state index in [1.807, 2.05) is 38.1 Å². The number of nitrogens with zero attached hydrogens (tertiary/aromatic N) is 2. The molecule has 3 rings (SSSR count). The summed E-state index contributed by atoms with van der Waals surface area (Å²) in [5.41, 5.74) is 1.54. The summed E-state index contributed by atoms with van der Waals surface area (Å²) in [5, 5.41) is 10.9. The number of hydrogen-bond donors (Lipinski definition) is 0. The number of nitro benzene ring substituents is 1. The van der Waals surface area contributed by atoms with Gasteiger partial charge in [0.1, 0.15) is 0 Å². The number of non-ortho nitro benzene ring substituents is 1. The van der Waals surface area contributed by atoms with Gasteiger partial charge in [-0.05, 0) is 17.2 Å². The molecule has 1 aliphatic heterocycles. The Balaban J connectivity index is 2.03. The molecule has 0 saturated heterocycles. The average Bonchev–Trinajstić information content (AvgIpc) is 2.54. The molecule has 2 aromatic carbocycles. The second kappa shape index (κ2) is 5.68. The highest BCUT2D eigenvalue weighted by atomic mass is 32.2. The van der Waals surface area contributed by atoms with Crippen molar-refractivity contribution in [3.05, 3.63) is 69.8 Å². The average molecular weight is 346 g/mol. The van der Waals surface area contributed by atoms with Gasteiger partial charge >= 0.3 is 0 Å². The third-order valence-corrected chi connectivity index (χ3v) is 6.12. The van der Waals surface area contributed by atoms with Gasteiger partial charge in [0, 0.05) is 30.6 Å². The highest BCUT2D eigenvalue weighted by Gasteiger charge is 2.37. The van der Waals surface area contributed by atoms with Crippen LogP contribution in [0.25, 0.3) is 0 Å². The smallest absolute Gasteiger partial charge is 0.258 e. The van der Waals surface area contributed by atoms with Gasteiger partial charge in [-0.25, -0.2) is 8.42 Å². The van der Waals surface area contributed by atoms with Crippen LogP contribution < -0.4 is 0 Å². The third-order valence-electron chi connectivity index (χ3n) is 4.33. The Morgan fingerprint density at radius 2 is 1.83 bits per heavy atom. The monoisotopic (exact) mass is 346 g/mol. The van der Waals surface area contributed by atoms with Crippen molar-refractivity contribution in [1.29, 1.82) is 0 Å². The zero-order valence-electron chi connectivity index (χ0n) is 13.5. The van der Waals surface area contributed by atoms with E-state index in [1.165, 1.54) is 22.5 Å². The molecule has 0 aromatic heterocycles. The van der Waals surface area contributed by atoms with E-state index in [0.717, 1.165) is 17.2 Å². The molecular formula is C17H18N2O4S. The van der Waals surface area contributed by atoms with Gasteiger partial charge in [-0.2, -0.15) is 4.31 Å². The summed E-state index contributed by atoms with van der Waals surface area (Å²) in [6, 6.07) is 13.0. The lowest BCUT2D eigenvalue weighted by Crippen LogP contribution is -2.44. The molecule has 24 heavy (non-hydrogen) atoms. The van der Waals surface area contributed by atoms with E-state index in [2.05, 4.69) is 0 Å². The molecule has 0 saturated carbocycles. The van der Waals surface area contributed by atoms with Crippen molar-refractivity contribution in [3.8, 4) is 0 Å². The summed E-state index contributed by atoms with van der Waals surface area (Å²) in [6.07, 6.45) is 0. The quantitative estimate of drug-likeness (QED) is 0.632. The zero-order valence-corrected chi connectivity index (χ0v) is 14.3. The van der Waals surface area contributed by atoms with E-state index in [-0.39, 0.29) is 22.5 Å². The molecule has 0 bridgehead atoms. The van der Waals surface area contributed by atoms with Gasteiger partial charge in [-0.15, -0.1) is 0 Å². The Bertz CT molecular complexity index is 906. The van der Waals surface area contributed by atoms with E-state index in [0.29, 0.717) is 6.54 Å². The number of fused-ring (bicyclic) bond motifs is 1. The molecule has 1 aliphatic rings. The van der Waals surface area contributed by atoms with Crippen molar-refractivity contribution < 1.29 is 13.3 Å². The number of benzene rings is 2. The van der Waals surface area contributed by atoms with Crippen LogP contribution in [0, 0.1) is 10.1 Å². The van der Waals surface area contributed by atoms with E-state index in [9.17, 15) is 18.5 Å². The highest BCUT2D eigenvalue weighted by Crippen LogP contribution is 2.36. The minimum Gasteiger partial charge on any atom is -0.258 e. The van der Waals surface area contributed by atoms with Crippen LogP contribution in [0.2, 0.25) is 0 Å². The Morgan fingerprint density at radius 3 is 2.54 bits per heavy atom. The summed E-state index contributed by atoms with van der Waals surface area (Å²) in [4.78, 5) is 10.3.